The molecule has 0 radical (unpaired) electrons. The van der Waals surface area contributed by atoms with Crippen LogP contribution in [0.25, 0.3) is 0 Å². The fraction of sp³-hybridized carbons (Fsp3) is 0.471. The van der Waals surface area contributed by atoms with Gasteiger partial charge in [-0.15, -0.1) is 0 Å². The Morgan fingerprint density at radius 3 is 2.45 bits per heavy atom. The van der Waals surface area contributed by atoms with Gasteiger partial charge in [0.05, 0.1) is 20.8 Å². The van der Waals surface area contributed by atoms with Crippen molar-refractivity contribution >= 4 is 21.4 Å². The third kappa shape index (κ3) is 5.56. The van der Waals surface area contributed by atoms with Gasteiger partial charge in [0.15, 0.2) is 11.5 Å². The summed E-state index contributed by atoms with van der Waals surface area (Å²) >= 11 is 0. The van der Waals surface area contributed by atoms with E-state index in [0.29, 0.717) is 6.61 Å². The van der Waals surface area contributed by atoms with Gasteiger partial charge in [-0.1, -0.05) is 31.6 Å². The Labute approximate surface area is 135 Å². The molecule has 0 aromatic heterocycles. The SMILES string of the molecule is C=CC(=O)OCCCCCCc1ccc([SiH3])c(OC)c1OC. The molecule has 0 amide bonds. The van der Waals surface area contributed by atoms with Gasteiger partial charge in [0.2, 0.25) is 0 Å². The number of carbonyl (C=O) groups excluding carboxylic acids is 1. The molecule has 22 heavy (non-hydrogen) atoms. The third-order valence-corrected chi connectivity index (χ3v) is 4.34. The minimum absolute atomic E-state index is 0.347. The monoisotopic (exact) mass is 322 g/mol. The molecule has 1 rings (SSSR count). The first-order valence-electron chi connectivity index (χ1n) is 7.63. The van der Waals surface area contributed by atoms with Crippen LogP contribution in [-0.4, -0.2) is 37.0 Å². The second-order valence-corrected chi connectivity index (χ2v) is 6.22. The van der Waals surface area contributed by atoms with Gasteiger partial charge in [-0.25, -0.2) is 4.79 Å². The maximum atomic E-state index is 10.9. The first-order valence-corrected chi connectivity index (χ1v) is 8.63. The predicted octanol–water partition coefficient (Wildman–Crippen LogP) is 1.53. The van der Waals surface area contributed by atoms with Crippen LogP contribution in [0, 0.1) is 0 Å². The maximum Gasteiger partial charge on any atom is 0.330 e. The summed E-state index contributed by atoms with van der Waals surface area (Å²) < 4.78 is 15.9. The fourth-order valence-electron chi connectivity index (χ4n) is 2.38. The number of methoxy groups -OCH3 is 2. The van der Waals surface area contributed by atoms with Crippen molar-refractivity contribution in [2.24, 2.45) is 0 Å². The van der Waals surface area contributed by atoms with E-state index in [1.54, 1.807) is 14.2 Å². The zero-order valence-electron chi connectivity index (χ0n) is 13.8. The molecule has 0 spiro atoms. The second kappa shape index (κ2) is 10.1. The van der Waals surface area contributed by atoms with Crippen molar-refractivity contribution in [1.82, 2.24) is 0 Å². The van der Waals surface area contributed by atoms with E-state index in [-0.39, 0.29) is 5.97 Å². The van der Waals surface area contributed by atoms with Crippen molar-refractivity contribution < 1.29 is 19.0 Å². The van der Waals surface area contributed by atoms with E-state index in [1.807, 2.05) is 0 Å². The average molecular weight is 322 g/mol. The van der Waals surface area contributed by atoms with Crippen LogP contribution in [0.2, 0.25) is 0 Å². The Morgan fingerprint density at radius 2 is 1.82 bits per heavy atom. The minimum atomic E-state index is -0.347. The molecular weight excluding hydrogens is 296 g/mol. The van der Waals surface area contributed by atoms with E-state index in [2.05, 4.69) is 18.7 Å². The topological polar surface area (TPSA) is 44.8 Å². The predicted molar refractivity (Wildman–Crippen MR) is 92.4 cm³/mol. The number of carbonyl (C=O) groups is 1. The van der Waals surface area contributed by atoms with Crippen molar-refractivity contribution in [2.75, 3.05) is 20.8 Å². The molecule has 1 aromatic carbocycles. The average Bonchev–Trinajstić information content (AvgIpc) is 2.54. The Hall–Kier alpha value is -1.75. The molecule has 122 valence electrons. The number of aryl methyl sites for hydroxylation is 1. The molecule has 0 aliphatic rings. The number of esters is 1. The minimum Gasteiger partial charge on any atom is -0.493 e. The number of ether oxygens (including phenoxy) is 3. The quantitative estimate of drug-likeness (QED) is 0.284. The van der Waals surface area contributed by atoms with E-state index in [0.717, 1.165) is 53.8 Å². The van der Waals surface area contributed by atoms with Crippen molar-refractivity contribution in [3.8, 4) is 11.5 Å². The Balaban J connectivity index is 2.36. The molecule has 0 heterocycles. The lowest BCUT2D eigenvalue weighted by Crippen LogP contribution is -2.10. The van der Waals surface area contributed by atoms with Crippen molar-refractivity contribution in [3.63, 3.8) is 0 Å². The van der Waals surface area contributed by atoms with Crippen molar-refractivity contribution in [3.05, 3.63) is 30.4 Å². The number of benzene rings is 1. The van der Waals surface area contributed by atoms with E-state index < -0.39 is 0 Å². The molecule has 0 aliphatic carbocycles. The molecule has 0 bridgehead atoms. The fourth-order valence-corrected chi connectivity index (χ4v) is 2.98. The van der Waals surface area contributed by atoms with Gasteiger partial charge < -0.3 is 14.2 Å². The zero-order valence-corrected chi connectivity index (χ0v) is 15.8. The molecular formula is C17H26O4Si. The Kier molecular flexibility index (Phi) is 8.36. The largest absolute Gasteiger partial charge is 0.493 e. The van der Waals surface area contributed by atoms with Crippen LogP contribution in [0.1, 0.15) is 31.2 Å². The van der Waals surface area contributed by atoms with Gasteiger partial charge in [0.25, 0.3) is 0 Å². The number of hydrogen-bond donors (Lipinski definition) is 0. The third-order valence-electron chi connectivity index (χ3n) is 3.55. The number of rotatable bonds is 10. The summed E-state index contributed by atoms with van der Waals surface area (Å²) in [5.41, 5.74) is 1.19. The first kappa shape index (κ1) is 18.3. The summed E-state index contributed by atoms with van der Waals surface area (Å²) in [5.74, 6) is 1.40. The molecule has 4 nitrogen and oxygen atoms in total. The first-order chi connectivity index (χ1) is 10.6. The Morgan fingerprint density at radius 1 is 1.14 bits per heavy atom. The van der Waals surface area contributed by atoms with Gasteiger partial charge >= 0.3 is 5.97 Å². The summed E-state index contributed by atoms with van der Waals surface area (Å²) in [6.45, 7) is 3.83. The molecule has 0 saturated heterocycles. The highest BCUT2D eigenvalue weighted by Crippen LogP contribution is 2.29. The molecule has 0 N–H and O–H groups in total. The van der Waals surface area contributed by atoms with Crippen LogP contribution in [0.5, 0.6) is 11.5 Å². The van der Waals surface area contributed by atoms with E-state index in [9.17, 15) is 4.79 Å². The summed E-state index contributed by atoms with van der Waals surface area (Å²) in [5, 5.41) is 1.21. The van der Waals surface area contributed by atoms with Crippen molar-refractivity contribution in [2.45, 2.75) is 32.1 Å². The molecule has 0 unspecified atom stereocenters. The lowest BCUT2D eigenvalue weighted by Gasteiger charge is -2.15. The van der Waals surface area contributed by atoms with Gasteiger partial charge in [-0.2, -0.15) is 0 Å². The van der Waals surface area contributed by atoms with Gasteiger partial charge in [0, 0.05) is 16.3 Å². The summed E-state index contributed by atoms with van der Waals surface area (Å²) in [6.07, 6.45) is 6.27. The normalized spacial score (nSPS) is 10.3. The van der Waals surface area contributed by atoms with Gasteiger partial charge in [-0.3, -0.25) is 0 Å². The molecule has 0 fully saturated rings. The smallest absolute Gasteiger partial charge is 0.330 e. The molecule has 1 aromatic rings. The number of unbranched alkanes of at least 4 members (excludes halogenated alkanes) is 3. The molecule has 0 saturated carbocycles. The van der Waals surface area contributed by atoms with Gasteiger partial charge in [-0.05, 0) is 30.0 Å². The molecule has 0 aliphatic heterocycles. The van der Waals surface area contributed by atoms with Crippen LogP contribution < -0.4 is 14.7 Å². The molecule has 5 heteroatoms. The lowest BCUT2D eigenvalue weighted by atomic mass is 10.0. The standard InChI is InChI=1S/C17H26O4Si/c1-4-15(18)21-12-8-6-5-7-9-13-10-11-14(22)17(20-3)16(13)19-2/h4,10-11H,1,5-9,12H2,2-3,22H3. The van der Waals surface area contributed by atoms with E-state index in [4.69, 9.17) is 14.2 Å². The van der Waals surface area contributed by atoms with Gasteiger partial charge in [0.1, 0.15) is 0 Å². The Bertz CT molecular complexity index is 500. The lowest BCUT2D eigenvalue weighted by molar-refractivity contribution is -0.137. The highest BCUT2D eigenvalue weighted by Gasteiger charge is 2.12. The second-order valence-electron chi connectivity index (χ2n) is 5.14. The van der Waals surface area contributed by atoms with E-state index in [1.165, 1.54) is 16.8 Å². The zero-order chi connectivity index (χ0) is 16.4. The van der Waals surface area contributed by atoms with Crippen LogP contribution in [-0.2, 0) is 16.0 Å². The van der Waals surface area contributed by atoms with Crippen LogP contribution in [0.4, 0.5) is 0 Å². The maximum absolute atomic E-state index is 10.9. The van der Waals surface area contributed by atoms with E-state index >= 15 is 0 Å². The molecule has 0 atom stereocenters. The number of hydrogen-bond acceptors (Lipinski definition) is 4. The highest BCUT2D eigenvalue weighted by atomic mass is 28.1. The summed E-state index contributed by atoms with van der Waals surface area (Å²) in [4.78, 5) is 10.9. The van der Waals surface area contributed by atoms with Crippen LogP contribution >= 0.6 is 0 Å². The van der Waals surface area contributed by atoms with Crippen molar-refractivity contribution in [1.29, 1.82) is 0 Å². The summed E-state index contributed by atoms with van der Waals surface area (Å²) in [7, 11) is 4.32. The van der Waals surface area contributed by atoms with Crippen LogP contribution in [0.3, 0.4) is 0 Å². The highest BCUT2D eigenvalue weighted by molar-refractivity contribution is 6.34. The summed E-state index contributed by atoms with van der Waals surface area (Å²) in [6, 6.07) is 4.26. The van der Waals surface area contributed by atoms with Crippen LogP contribution in [0.15, 0.2) is 24.8 Å².